The molecule has 0 spiro atoms. The molecule has 1 unspecified atom stereocenters. The number of likely N-dealkylation sites (N-methyl/N-ethyl adjacent to an activating group) is 2. The van der Waals surface area contributed by atoms with Crippen LogP contribution < -0.4 is 5.32 Å². The number of sulfonamides is 1. The summed E-state index contributed by atoms with van der Waals surface area (Å²) in [6, 6.07) is 3.57. The van der Waals surface area contributed by atoms with Crippen molar-refractivity contribution < 1.29 is 13.2 Å². The van der Waals surface area contributed by atoms with Crippen molar-refractivity contribution in [3.63, 3.8) is 0 Å². The number of hydrogen-bond donors (Lipinski definition) is 1. The lowest BCUT2D eigenvalue weighted by molar-refractivity contribution is 0.181. The number of hydrogen-bond acceptors (Lipinski definition) is 5. The van der Waals surface area contributed by atoms with Crippen molar-refractivity contribution in [2.45, 2.75) is 23.1 Å². The van der Waals surface area contributed by atoms with E-state index in [2.05, 4.69) is 5.32 Å². The third-order valence-electron chi connectivity index (χ3n) is 3.31. The van der Waals surface area contributed by atoms with Gasteiger partial charge in [-0.2, -0.15) is 4.31 Å². The van der Waals surface area contributed by atoms with Gasteiger partial charge >= 0.3 is 0 Å². The van der Waals surface area contributed by atoms with Crippen LogP contribution in [0, 0.1) is 0 Å². The number of ether oxygens (including phenoxy) is 1. The highest BCUT2D eigenvalue weighted by Gasteiger charge is 2.31. The van der Waals surface area contributed by atoms with Crippen LogP contribution in [0.4, 0.5) is 0 Å². The third kappa shape index (κ3) is 3.35. The third-order valence-corrected chi connectivity index (χ3v) is 6.83. The van der Waals surface area contributed by atoms with Crippen molar-refractivity contribution >= 4 is 21.4 Å². The first-order valence-electron chi connectivity index (χ1n) is 6.35. The minimum absolute atomic E-state index is 0.0344. The van der Waals surface area contributed by atoms with Crippen LogP contribution in [-0.4, -0.2) is 52.6 Å². The van der Waals surface area contributed by atoms with Crippen LogP contribution in [0.5, 0.6) is 0 Å². The summed E-state index contributed by atoms with van der Waals surface area (Å²) in [6.07, 6.45) is 1.63. The summed E-state index contributed by atoms with van der Waals surface area (Å²) in [5.74, 6) is 0. The molecule has 19 heavy (non-hydrogen) atoms. The molecule has 0 radical (unpaired) electrons. The van der Waals surface area contributed by atoms with Gasteiger partial charge in [-0.15, -0.1) is 11.3 Å². The Kier molecular flexibility index (Phi) is 4.97. The van der Waals surface area contributed by atoms with Crippen molar-refractivity contribution in [3.05, 3.63) is 17.0 Å². The second-order valence-electron chi connectivity index (χ2n) is 4.61. The van der Waals surface area contributed by atoms with Crippen LogP contribution in [0.1, 0.15) is 11.3 Å². The van der Waals surface area contributed by atoms with Gasteiger partial charge in [0.05, 0.1) is 12.6 Å². The van der Waals surface area contributed by atoms with E-state index >= 15 is 0 Å². The van der Waals surface area contributed by atoms with Gasteiger partial charge in [-0.05, 0) is 38.6 Å². The number of nitrogens with zero attached hydrogens (tertiary/aromatic N) is 1. The number of thiophene rings is 1. The van der Waals surface area contributed by atoms with Gasteiger partial charge in [0.15, 0.2) is 0 Å². The Morgan fingerprint density at radius 1 is 1.53 bits per heavy atom. The molecule has 1 aromatic rings. The number of nitrogens with one attached hydrogen (secondary N) is 1. The standard InChI is InChI=1S/C12H20N2O3S2/c1-13-7-5-11-3-4-12(18-11)19(15,16)14(2)10-6-8-17-9-10/h3-4,10,13H,5-9H2,1-2H3. The summed E-state index contributed by atoms with van der Waals surface area (Å²) in [5, 5.41) is 3.06. The van der Waals surface area contributed by atoms with Crippen LogP contribution in [0.25, 0.3) is 0 Å². The smallest absolute Gasteiger partial charge is 0.252 e. The van der Waals surface area contributed by atoms with Gasteiger partial charge in [-0.1, -0.05) is 0 Å². The second-order valence-corrected chi connectivity index (χ2v) is 8.01. The highest BCUT2D eigenvalue weighted by molar-refractivity contribution is 7.91. The largest absolute Gasteiger partial charge is 0.380 e. The highest BCUT2D eigenvalue weighted by Crippen LogP contribution is 2.27. The zero-order chi connectivity index (χ0) is 13.9. The van der Waals surface area contributed by atoms with E-state index in [1.807, 2.05) is 13.1 Å². The summed E-state index contributed by atoms with van der Waals surface area (Å²) in [5.41, 5.74) is 0. The van der Waals surface area contributed by atoms with E-state index < -0.39 is 10.0 Å². The van der Waals surface area contributed by atoms with Gasteiger partial charge in [0.2, 0.25) is 0 Å². The van der Waals surface area contributed by atoms with Gasteiger partial charge in [-0.3, -0.25) is 0 Å². The van der Waals surface area contributed by atoms with Crippen molar-refractivity contribution in [2.75, 3.05) is 33.9 Å². The van der Waals surface area contributed by atoms with Crippen molar-refractivity contribution in [3.8, 4) is 0 Å². The first-order chi connectivity index (χ1) is 9.05. The van der Waals surface area contributed by atoms with Crippen molar-refractivity contribution in [1.82, 2.24) is 9.62 Å². The second kappa shape index (κ2) is 6.32. The average molecular weight is 304 g/mol. The molecule has 1 saturated heterocycles. The number of rotatable bonds is 6. The fourth-order valence-electron chi connectivity index (χ4n) is 2.03. The summed E-state index contributed by atoms with van der Waals surface area (Å²) < 4.78 is 32.1. The molecular formula is C12H20N2O3S2. The van der Waals surface area contributed by atoms with Crippen LogP contribution in [0.3, 0.4) is 0 Å². The van der Waals surface area contributed by atoms with E-state index in [1.54, 1.807) is 13.1 Å². The molecule has 108 valence electrons. The molecule has 1 N–H and O–H groups in total. The highest BCUT2D eigenvalue weighted by atomic mass is 32.2. The molecule has 1 fully saturated rings. The molecule has 0 amide bonds. The quantitative estimate of drug-likeness (QED) is 0.849. The average Bonchev–Trinajstić information content (AvgIpc) is 3.06. The Morgan fingerprint density at radius 3 is 2.95 bits per heavy atom. The fraction of sp³-hybridized carbons (Fsp3) is 0.667. The summed E-state index contributed by atoms with van der Waals surface area (Å²) in [4.78, 5) is 1.09. The first kappa shape index (κ1) is 14.9. The molecule has 0 bridgehead atoms. The van der Waals surface area contributed by atoms with Crippen LogP contribution >= 0.6 is 11.3 Å². The van der Waals surface area contributed by atoms with E-state index in [0.717, 1.165) is 24.3 Å². The van der Waals surface area contributed by atoms with Crippen molar-refractivity contribution in [1.29, 1.82) is 0 Å². The van der Waals surface area contributed by atoms with E-state index in [1.165, 1.54) is 15.6 Å². The predicted molar refractivity (Wildman–Crippen MR) is 76.1 cm³/mol. The lowest BCUT2D eigenvalue weighted by atomic mass is 10.3. The lowest BCUT2D eigenvalue weighted by Crippen LogP contribution is -2.36. The Bertz CT molecular complexity index is 507. The van der Waals surface area contributed by atoms with Gasteiger partial charge in [0.25, 0.3) is 10.0 Å². The maximum Gasteiger partial charge on any atom is 0.252 e. The Hall–Kier alpha value is -0.470. The molecule has 5 nitrogen and oxygen atoms in total. The SMILES string of the molecule is CNCCc1ccc(S(=O)(=O)N(C)C2CCOC2)s1. The molecule has 1 atom stereocenters. The van der Waals surface area contributed by atoms with Crippen LogP contribution in [-0.2, 0) is 21.2 Å². The molecule has 2 heterocycles. The molecule has 1 aliphatic rings. The molecule has 0 saturated carbocycles. The van der Waals surface area contributed by atoms with Gasteiger partial charge in [-0.25, -0.2) is 8.42 Å². The molecular weight excluding hydrogens is 284 g/mol. The fourth-order valence-corrected chi connectivity index (χ4v) is 4.94. The minimum Gasteiger partial charge on any atom is -0.380 e. The van der Waals surface area contributed by atoms with Gasteiger partial charge in [0, 0.05) is 18.5 Å². The summed E-state index contributed by atoms with van der Waals surface area (Å²) >= 11 is 1.36. The molecule has 1 aromatic heterocycles. The monoisotopic (exact) mass is 304 g/mol. The Labute approximate surface area is 118 Å². The predicted octanol–water partition coefficient (Wildman–Crippen LogP) is 0.919. The molecule has 0 aromatic carbocycles. The van der Waals surface area contributed by atoms with Gasteiger partial charge in [0.1, 0.15) is 4.21 Å². The maximum atomic E-state index is 12.5. The Balaban J connectivity index is 2.12. The Morgan fingerprint density at radius 2 is 2.32 bits per heavy atom. The summed E-state index contributed by atoms with van der Waals surface area (Å²) in [7, 11) is 0.153. The normalized spacial score (nSPS) is 20.3. The zero-order valence-corrected chi connectivity index (χ0v) is 12.9. The molecule has 7 heteroatoms. The van der Waals surface area contributed by atoms with Crippen LogP contribution in [0.15, 0.2) is 16.3 Å². The minimum atomic E-state index is -3.38. The first-order valence-corrected chi connectivity index (χ1v) is 8.60. The van der Waals surface area contributed by atoms with Crippen molar-refractivity contribution in [2.24, 2.45) is 0 Å². The van der Waals surface area contributed by atoms with E-state index in [4.69, 9.17) is 4.74 Å². The summed E-state index contributed by atoms with van der Waals surface area (Å²) in [6.45, 7) is 1.99. The van der Waals surface area contributed by atoms with Crippen LogP contribution in [0.2, 0.25) is 0 Å². The zero-order valence-electron chi connectivity index (χ0n) is 11.3. The van der Waals surface area contributed by atoms with Gasteiger partial charge < -0.3 is 10.1 Å². The molecule has 0 aliphatic carbocycles. The topological polar surface area (TPSA) is 58.6 Å². The van der Waals surface area contributed by atoms with E-state index in [-0.39, 0.29) is 6.04 Å². The van der Waals surface area contributed by atoms with E-state index in [0.29, 0.717) is 17.4 Å². The maximum absolute atomic E-state index is 12.5. The lowest BCUT2D eigenvalue weighted by Gasteiger charge is -2.21. The molecule has 2 rings (SSSR count). The molecule has 1 aliphatic heterocycles. The van der Waals surface area contributed by atoms with E-state index in [9.17, 15) is 8.42 Å².